The fourth-order valence-corrected chi connectivity index (χ4v) is 10.4. The van der Waals surface area contributed by atoms with E-state index in [0.717, 1.165) is 32.1 Å². The van der Waals surface area contributed by atoms with Gasteiger partial charge < -0.3 is 9.80 Å². The van der Waals surface area contributed by atoms with Crippen molar-refractivity contribution in [1.29, 1.82) is 0 Å². The van der Waals surface area contributed by atoms with E-state index in [1.165, 1.54) is 76.2 Å². The number of benzene rings is 3. The van der Waals surface area contributed by atoms with Crippen LogP contribution in [-0.4, -0.2) is 23.7 Å². The second kappa shape index (κ2) is 12.8. The van der Waals surface area contributed by atoms with Gasteiger partial charge in [-0.15, -0.1) is 0 Å². The lowest BCUT2D eigenvalue weighted by Gasteiger charge is -2.56. The maximum Gasteiger partial charge on any atom is 0.222 e. The van der Waals surface area contributed by atoms with Gasteiger partial charge in [0.1, 0.15) is 0 Å². The van der Waals surface area contributed by atoms with E-state index in [4.69, 9.17) is 0 Å². The molecule has 0 amide bonds. The van der Waals surface area contributed by atoms with Gasteiger partial charge in [0.2, 0.25) is 6.71 Å². The second-order valence-corrected chi connectivity index (χ2v) is 16.9. The Hall–Kier alpha value is -4.24. The minimum Gasteiger partial charge on any atom is -0.363 e. The molecule has 0 N–H and O–H groups in total. The monoisotopic (exact) mass is 668 g/mol. The van der Waals surface area contributed by atoms with Gasteiger partial charge in [-0.3, -0.25) is 0 Å². The van der Waals surface area contributed by atoms with Crippen LogP contribution in [0.1, 0.15) is 102 Å². The zero-order chi connectivity index (χ0) is 34.7. The zero-order valence-electron chi connectivity index (χ0n) is 31.1. The Labute approximate surface area is 307 Å². The predicted molar refractivity (Wildman–Crippen MR) is 217 cm³/mol. The number of anilines is 2. The third-order valence-electron chi connectivity index (χ3n) is 13.4. The molecule has 1 saturated heterocycles. The molecule has 3 aromatic rings. The van der Waals surface area contributed by atoms with E-state index in [9.17, 15) is 0 Å². The third kappa shape index (κ3) is 5.37. The first-order valence-corrected chi connectivity index (χ1v) is 19.9. The largest absolute Gasteiger partial charge is 0.363 e. The van der Waals surface area contributed by atoms with Crippen LogP contribution in [0.4, 0.5) is 11.4 Å². The summed E-state index contributed by atoms with van der Waals surface area (Å²) >= 11 is 0. The molecule has 1 fully saturated rings. The van der Waals surface area contributed by atoms with Gasteiger partial charge in [0.25, 0.3) is 0 Å². The number of fused-ring (bicyclic) bond motifs is 4. The van der Waals surface area contributed by atoms with Crippen molar-refractivity contribution in [3.63, 3.8) is 0 Å². The molecule has 2 heterocycles. The number of hydrogen-bond acceptors (Lipinski definition) is 2. The summed E-state index contributed by atoms with van der Waals surface area (Å²) in [5, 5.41) is 0. The van der Waals surface area contributed by atoms with E-state index in [0.29, 0.717) is 24.6 Å². The highest BCUT2D eigenvalue weighted by Crippen LogP contribution is 2.53. The number of nitrogens with zero attached hydrogens (tertiary/aromatic N) is 2. The minimum absolute atomic E-state index is 0.0532. The van der Waals surface area contributed by atoms with Crippen LogP contribution in [0.3, 0.4) is 0 Å². The Morgan fingerprint density at radius 3 is 2.24 bits per heavy atom. The van der Waals surface area contributed by atoms with Crippen molar-refractivity contribution in [2.75, 3.05) is 4.90 Å². The molecule has 6 aliphatic rings. The molecule has 51 heavy (non-hydrogen) atoms. The number of hydrogen-bond donors (Lipinski definition) is 0. The molecule has 0 aromatic heterocycles. The molecule has 3 aromatic carbocycles. The molecule has 258 valence electrons. The number of rotatable bonds is 6. The van der Waals surface area contributed by atoms with Crippen molar-refractivity contribution < 1.29 is 0 Å². The summed E-state index contributed by atoms with van der Waals surface area (Å²) < 4.78 is 0. The summed E-state index contributed by atoms with van der Waals surface area (Å²) in [6.45, 7) is 9.99. The van der Waals surface area contributed by atoms with Gasteiger partial charge in [0, 0.05) is 45.7 Å². The maximum absolute atomic E-state index is 2.91. The van der Waals surface area contributed by atoms with Crippen molar-refractivity contribution in [2.45, 2.75) is 114 Å². The molecule has 2 aliphatic heterocycles. The first kappa shape index (κ1) is 32.7. The third-order valence-corrected chi connectivity index (χ3v) is 13.4. The summed E-state index contributed by atoms with van der Waals surface area (Å²) in [4.78, 5) is 5.59. The Morgan fingerprint density at radius 2 is 1.47 bits per heavy atom. The van der Waals surface area contributed by atoms with E-state index >= 15 is 0 Å². The van der Waals surface area contributed by atoms with Gasteiger partial charge in [-0.1, -0.05) is 137 Å². The van der Waals surface area contributed by atoms with E-state index < -0.39 is 0 Å². The summed E-state index contributed by atoms with van der Waals surface area (Å²) in [5.74, 6) is 0.572. The normalized spacial score (nSPS) is 24.2. The standard InChI is InChI=1S/C48H53BN2/c1-47(2,34-17-8-5-9-18-34)36-27-30-39(31-28-36)51-43-32-29-37(48(3,4)35-19-10-6-11-20-35)33-41(43)49-40-23-14-15-24-42(40)50(38-21-12-7-13-22-38)44-25-16-26-45(51)46(44)49/h5,7-10,12,15,17-20,24-25,27-33,38,40,42H,6,11,13-14,16,21-23,26H2,1-4H3. The fourth-order valence-electron chi connectivity index (χ4n) is 10.4. The Bertz CT molecular complexity index is 2000. The first-order chi connectivity index (χ1) is 24.8. The molecule has 0 radical (unpaired) electrons. The van der Waals surface area contributed by atoms with E-state index in [2.05, 4.69) is 159 Å². The van der Waals surface area contributed by atoms with Gasteiger partial charge in [-0.05, 0) is 109 Å². The average molecular weight is 669 g/mol. The van der Waals surface area contributed by atoms with Crippen LogP contribution in [0.15, 0.2) is 144 Å². The topological polar surface area (TPSA) is 6.48 Å². The van der Waals surface area contributed by atoms with E-state index in [1.54, 1.807) is 5.47 Å². The highest BCUT2D eigenvalue weighted by atomic mass is 15.2. The summed E-state index contributed by atoms with van der Waals surface area (Å²) in [7, 11) is 0. The molecule has 3 atom stereocenters. The van der Waals surface area contributed by atoms with Gasteiger partial charge in [0.05, 0.1) is 0 Å². The minimum atomic E-state index is -0.0715. The summed E-state index contributed by atoms with van der Waals surface area (Å²) in [6.07, 6.45) is 30.3. The number of allylic oxidation sites excluding steroid dienone is 9. The van der Waals surface area contributed by atoms with Crippen molar-refractivity contribution in [2.24, 2.45) is 0 Å². The van der Waals surface area contributed by atoms with Crippen LogP contribution >= 0.6 is 0 Å². The lowest BCUT2D eigenvalue weighted by molar-refractivity contribution is 0.183. The molecule has 3 heteroatoms. The Balaban J connectivity index is 1.22. The first-order valence-electron chi connectivity index (χ1n) is 19.9. The molecule has 0 bridgehead atoms. The Kier molecular flexibility index (Phi) is 8.17. The van der Waals surface area contributed by atoms with Crippen molar-refractivity contribution in [3.8, 4) is 0 Å². The van der Waals surface area contributed by atoms with Crippen LogP contribution in [-0.2, 0) is 10.8 Å². The molecule has 9 rings (SSSR count). The van der Waals surface area contributed by atoms with Crippen LogP contribution in [0.2, 0.25) is 5.82 Å². The lowest BCUT2D eigenvalue weighted by atomic mass is 9.27. The molecular formula is C48H53BN2. The van der Waals surface area contributed by atoms with E-state index in [-0.39, 0.29) is 10.8 Å². The Morgan fingerprint density at radius 1 is 0.686 bits per heavy atom. The van der Waals surface area contributed by atoms with Crippen LogP contribution < -0.4 is 10.4 Å². The molecule has 2 nitrogen and oxygen atoms in total. The van der Waals surface area contributed by atoms with Gasteiger partial charge in [-0.2, -0.15) is 0 Å². The highest BCUT2D eigenvalue weighted by Gasteiger charge is 2.52. The smallest absolute Gasteiger partial charge is 0.222 e. The predicted octanol–water partition coefficient (Wildman–Crippen LogP) is 11.4. The molecule has 4 aliphatic carbocycles. The average Bonchev–Trinajstić information content (AvgIpc) is 3.18. The molecule has 3 unspecified atom stereocenters. The van der Waals surface area contributed by atoms with E-state index in [1.807, 2.05) is 0 Å². The zero-order valence-corrected chi connectivity index (χ0v) is 31.1. The quantitative estimate of drug-likeness (QED) is 0.191. The highest BCUT2D eigenvalue weighted by molar-refractivity contribution is 6.84. The van der Waals surface area contributed by atoms with Gasteiger partial charge in [-0.25, -0.2) is 0 Å². The van der Waals surface area contributed by atoms with Gasteiger partial charge in [0.15, 0.2) is 0 Å². The van der Waals surface area contributed by atoms with Crippen molar-refractivity contribution >= 4 is 23.6 Å². The fraction of sp³-hybridized carbons (Fsp3) is 0.375. The summed E-state index contributed by atoms with van der Waals surface area (Å²) in [5.41, 5.74) is 14.4. The SMILES string of the molecule is CC(C)(C1=CCCC=C1)c1ccc2c(c1)B1C3=C(CCC=C3N(C3CC=CCC3)C3C=CCCC13)N2c1ccc(C(C)(C)c2ccccc2)cc1. The second-order valence-electron chi connectivity index (χ2n) is 16.9. The molecular weight excluding hydrogens is 615 g/mol. The van der Waals surface area contributed by atoms with Crippen molar-refractivity contribution in [3.05, 3.63) is 161 Å². The van der Waals surface area contributed by atoms with Crippen LogP contribution in [0.5, 0.6) is 0 Å². The maximum atomic E-state index is 2.91. The summed E-state index contributed by atoms with van der Waals surface area (Å²) in [6, 6.07) is 29.2. The van der Waals surface area contributed by atoms with Crippen molar-refractivity contribution in [1.82, 2.24) is 4.90 Å². The van der Waals surface area contributed by atoms with Crippen LogP contribution in [0, 0.1) is 0 Å². The molecule has 0 saturated carbocycles. The molecule has 0 spiro atoms. The lowest BCUT2D eigenvalue weighted by Crippen LogP contribution is -2.60. The van der Waals surface area contributed by atoms with Gasteiger partial charge >= 0.3 is 0 Å². The van der Waals surface area contributed by atoms with Crippen LogP contribution in [0.25, 0.3) is 0 Å².